The van der Waals surface area contributed by atoms with E-state index in [1.165, 1.54) is 0 Å². The Morgan fingerprint density at radius 2 is 1.97 bits per heavy atom. The zero-order valence-electron chi connectivity index (χ0n) is 16.4. The predicted octanol–water partition coefficient (Wildman–Crippen LogP) is 1.91. The summed E-state index contributed by atoms with van der Waals surface area (Å²) in [5.41, 5.74) is -0.729. The van der Waals surface area contributed by atoms with E-state index in [2.05, 4.69) is 5.32 Å². The van der Waals surface area contributed by atoms with Crippen molar-refractivity contribution < 1.29 is 23.9 Å². The Kier molecular flexibility index (Phi) is 6.12. The van der Waals surface area contributed by atoms with Gasteiger partial charge in [0.05, 0.1) is 12.5 Å². The normalized spacial score (nSPS) is 22.6. The molecule has 1 aromatic rings. The highest BCUT2D eigenvalue weighted by Gasteiger charge is 2.49. The van der Waals surface area contributed by atoms with Gasteiger partial charge in [0.15, 0.2) is 0 Å². The number of nitrogens with zero attached hydrogens (tertiary/aromatic N) is 2. The van der Waals surface area contributed by atoms with E-state index >= 15 is 0 Å². The van der Waals surface area contributed by atoms with Crippen LogP contribution in [0, 0.1) is 5.92 Å². The van der Waals surface area contributed by atoms with Gasteiger partial charge in [-0.1, -0.05) is 23.7 Å². The van der Waals surface area contributed by atoms with E-state index in [1.807, 2.05) is 0 Å². The van der Waals surface area contributed by atoms with Gasteiger partial charge >= 0.3 is 12.0 Å². The Balaban J connectivity index is 1.63. The van der Waals surface area contributed by atoms with E-state index < -0.39 is 17.5 Å². The Morgan fingerprint density at radius 3 is 2.59 bits per heavy atom. The van der Waals surface area contributed by atoms with E-state index in [1.54, 1.807) is 43.0 Å². The average molecular weight is 422 g/mol. The molecule has 0 unspecified atom stereocenters. The number of ether oxygens (including phenoxy) is 1. The van der Waals surface area contributed by atoms with Crippen LogP contribution >= 0.6 is 11.6 Å². The van der Waals surface area contributed by atoms with Crippen molar-refractivity contribution in [2.75, 3.05) is 26.2 Å². The first kappa shape index (κ1) is 21.1. The van der Waals surface area contributed by atoms with Crippen molar-refractivity contribution in [3.8, 4) is 0 Å². The van der Waals surface area contributed by atoms with Crippen LogP contribution in [0.15, 0.2) is 24.3 Å². The molecule has 1 N–H and O–H groups in total. The van der Waals surface area contributed by atoms with Crippen molar-refractivity contribution in [1.82, 2.24) is 15.1 Å². The molecule has 2 aliphatic heterocycles. The lowest BCUT2D eigenvalue weighted by Gasteiger charge is -2.31. The third-order valence-corrected chi connectivity index (χ3v) is 5.67. The third kappa shape index (κ3) is 4.22. The molecule has 2 saturated heterocycles. The molecule has 2 heterocycles. The first-order valence-corrected chi connectivity index (χ1v) is 9.98. The third-order valence-electron chi connectivity index (χ3n) is 5.44. The van der Waals surface area contributed by atoms with Crippen molar-refractivity contribution in [3.05, 3.63) is 34.9 Å². The van der Waals surface area contributed by atoms with Gasteiger partial charge in [0, 0.05) is 18.1 Å². The minimum atomic E-state index is -1.28. The number of nitrogens with one attached hydrogen (secondary N) is 1. The Bertz CT molecular complexity index is 837. The number of carbonyl (C=O) groups is 4. The molecule has 0 aliphatic carbocycles. The van der Waals surface area contributed by atoms with Crippen LogP contribution in [-0.2, 0) is 24.7 Å². The van der Waals surface area contributed by atoms with Crippen LogP contribution in [0.1, 0.15) is 32.3 Å². The quantitative estimate of drug-likeness (QED) is 0.578. The summed E-state index contributed by atoms with van der Waals surface area (Å²) in [4.78, 5) is 52.4. The maximum atomic E-state index is 12.9. The largest absolute Gasteiger partial charge is 0.466 e. The highest BCUT2D eigenvalue weighted by atomic mass is 35.5. The Labute approximate surface area is 174 Å². The van der Waals surface area contributed by atoms with Gasteiger partial charge in [-0.3, -0.25) is 19.3 Å². The summed E-state index contributed by atoms with van der Waals surface area (Å²) in [6, 6.07) is 6.08. The van der Waals surface area contributed by atoms with Crippen molar-refractivity contribution >= 4 is 35.4 Å². The molecule has 4 amide bonds. The predicted molar refractivity (Wildman–Crippen MR) is 105 cm³/mol. The zero-order chi connectivity index (χ0) is 21.2. The molecule has 0 spiro atoms. The lowest BCUT2D eigenvalue weighted by Crippen LogP contribution is -2.47. The van der Waals surface area contributed by atoms with Gasteiger partial charge < -0.3 is 15.0 Å². The fraction of sp³-hybridized carbons (Fsp3) is 0.500. The number of hydrogen-bond acceptors (Lipinski definition) is 5. The van der Waals surface area contributed by atoms with Crippen molar-refractivity contribution in [1.29, 1.82) is 0 Å². The molecule has 29 heavy (non-hydrogen) atoms. The summed E-state index contributed by atoms with van der Waals surface area (Å²) < 4.78 is 5.03. The standard InChI is InChI=1S/C20H24ClN3O5/c1-3-29-17(26)13-7-9-23(10-8-13)16(25)12-24-18(27)20(2,22-19(24)28)14-5-4-6-15(21)11-14/h4-6,11,13H,3,7-10,12H2,1-2H3,(H,22,28)/t20-/m1/s1. The number of urea groups is 1. The highest BCUT2D eigenvalue weighted by molar-refractivity contribution is 6.30. The number of amides is 4. The van der Waals surface area contributed by atoms with Gasteiger partial charge in [-0.25, -0.2) is 4.79 Å². The first-order chi connectivity index (χ1) is 13.8. The van der Waals surface area contributed by atoms with E-state index in [9.17, 15) is 19.2 Å². The van der Waals surface area contributed by atoms with E-state index in [0.29, 0.717) is 43.1 Å². The Morgan fingerprint density at radius 1 is 1.28 bits per heavy atom. The first-order valence-electron chi connectivity index (χ1n) is 9.60. The summed E-state index contributed by atoms with van der Waals surface area (Å²) in [5.74, 6) is -1.29. The van der Waals surface area contributed by atoms with E-state index in [0.717, 1.165) is 4.90 Å². The smallest absolute Gasteiger partial charge is 0.325 e. The van der Waals surface area contributed by atoms with Gasteiger partial charge in [-0.2, -0.15) is 0 Å². The molecule has 156 valence electrons. The Hall–Kier alpha value is -2.61. The lowest BCUT2D eigenvalue weighted by molar-refractivity contribution is -0.151. The molecule has 0 radical (unpaired) electrons. The molecule has 3 rings (SSSR count). The monoisotopic (exact) mass is 421 g/mol. The fourth-order valence-electron chi connectivity index (χ4n) is 3.70. The molecular formula is C20H24ClN3O5. The summed E-state index contributed by atoms with van der Waals surface area (Å²) in [6.07, 6.45) is 1.01. The second-order valence-corrected chi connectivity index (χ2v) is 7.80. The number of halogens is 1. The number of carbonyl (C=O) groups excluding carboxylic acids is 4. The topological polar surface area (TPSA) is 96.0 Å². The van der Waals surface area contributed by atoms with Gasteiger partial charge in [0.2, 0.25) is 5.91 Å². The number of imide groups is 1. The maximum Gasteiger partial charge on any atom is 0.325 e. The van der Waals surface area contributed by atoms with Crippen LogP contribution < -0.4 is 5.32 Å². The summed E-state index contributed by atoms with van der Waals surface area (Å²) in [7, 11) is 0. The van der Waals surface area contributed by atoms with Gasteiger partial charge in [-0.15, -0.1) is 0 Å². The fourth-order valence-corrected chi connectivity index (χ4v) is 3.89. The molecule has 1 aromatic carbocycles. The number of rotatable bonds is 5. The lowest BCUT2D eigenvalue weighted by atomic mass is 9.92. The molecule has 1 atom stereocenters. The SMILES string of the molecule is CCOC(=O)C1CCN(C(=O)CN2C(=O)N[C@](C)(c3cccc(Cl)c3)C2=O)CC1. The van der Waals surface area contributed by atoms with Crippen molar-refractivity contribution in [2.45, 2.75) is 32.2 Å². The zero-order valence-corrected chi connectivity index (χ0v) is 17.2. The van der Waals surface area contributed by atoms with Crippen LogP contribution in [0.3, 0.4) is 0 Å². The second kappa shape index (κ2) is 8.41. The maximum absolute atomic E-state index is 12.9. The average Bonchev–Trinajstić information content (AvgIpc) is 2.92. The summed E-state index contributed by atoms with van der Waals surface area (Å²) >= 11 is 6.01. The number of benzene rings is 1. The molecule has 2 aliphatic rings. The van der Waals surface area contributed by atoms with Gasteiger partial charge in [0.25, 0.3) is 5.91 Å². The number of hydrogen-bond donors (Lipinski definition) is 1. The van der Waals surface area contributed by atoms with Crippen LogP contribution in [-0.4, -0.2) is 59.9 Å². The molecule has 2 fully saturated rings. The van der Waals surface area contributed by atoms with E-state index in [-0.39, 0.29) is 24.3 Å². The molecule has 0 aromatic heterocycles. The number of piperidine rings is 1. The molecule has 0 saturated carbocycles. The van der Waals surface area contributed by atoms with Crippen LogP contribution in [0.5, 0.6) is 0 Å². The van der Waals surface area contributed by atoms with Crippen LogP contribution in [0.2, 0.25) is 5.02 Å². The summed E-state index contributed by atoms with van der Waals surface area (Å²) in [5, 5.41) is 3.11. The second-order valence-electron chi connectivity index (χ2n) is 7.36. The van der Waals surface area contributed by atoms with E-state index in [4.69, 9.17) is 16.3 Å². The molecule has 8 nitrogen and oxygen atoms in total. The molecule has 9 heteroatoms. The van der Waals surface area contributed by atoms with Crippen LogP contribution in [0.4, 0.5) is 4.79 Å². The van der Waals surface area contributed by atoms with Crippen LogP contribution in [0.25, 0.3) is 0 Å². The minimum Gasteiger partial charge on any atom is -0.466 e. The minimum absolute atomic E-state index is 0.221. The summed E-state index contributed by atoms with van der Waals surface area (Å²) in [6.45, 7) is 4.11. The molecule has 0 bridgehead atoms. The van der Waals surface area contributed by atoms with Gasteiger partial charge in [-0.05, 0) is 44.4 Å². The number of esters is 1. The van der Waals surface area contributed by atoms with Crippen molar-refractivity contribution in [2.24, 2.45) is 5.92 Å². The molecular weight excluding hydrogens is 398 g/mol. The highest BCUT2D eigenvalue weighted by Crippen LogP contribution is 2.30. The van der Waals surface area contributed by atoms with Crippen molar-refractivity contribution in [3.63, 3.8) is 0 Å². The van der Waals surface area contributed by atoms with Gasteiger partial charge in [0.1, 0.15) is 12.1 Å². The number of likely N-dealkylation sites (tertiary alicyclic amines) is 1.